The summed E-state index contributed by atoms with van der Waals surface area (Å²) in [4.78, 5) is 30.4. The van der Waals surface area contributed by atoms with Crippen molar-refractivity contribution in [1.82, 2.24) is 9.55 Å². The van der Waals surface area contributed by atoms with Crippen LogP contribution < -0.4 is 5.56 Å². The van der Waals surface area contributed by atoms with Gasteiger partial charge in [-0.25, -0.2) is 4.98 Å². The molecule has 0 unspecified atom stereocenters. The number of rotatable bonds is 3. The van der Waals surface area contributed by atoms with Crippen molar-refractivity contribution in [2.75, 3.05) is 0 Å². The number of aromatic nitrogens is 2. The number of carbonyl (C=O) groups excluding carboxylic acids is 1. The van der Waals surface area contributed by atoms with Crippen molar-refractivity contribution in [3.8, 4) is 5.69 Å². The van der Waals surface area contributed by atoms with Gasteiger partial charge in [0, 0.05) is 11.4 Å². The van der Waals surface area contributed by atoms with Gasteiger partial charge in [0.2, 0.25) is 0 Å². The summed E-state index contributed by atoms with van der Waals surface area (Å²) in [6.45, 7) is 1.97. The maximum Gasteiger partial charge on any atom is 0.266 e. The summed E-state index contributed by atoms with van der Waals surface area (Å²) in [6.07, 6.45) is 3.39. The van der Waals surface area contributed by atoms with Crippen LogP contribution in [-0.2, 0) is 4.79 Å². The van der Waals surface area contributed by atoms with Crippen molar-refractivity contribution >= 4 is 40.0 Å². The van der Waals surface area contributed by atoms with E-state index in [4.69, 9.17) is 16.6 Å². The number of thioether (sulfide) groups is 1. The Morgan fingerprint density at radius 1 is 1.15 bits per heavy atom. The van der Waals surface area contributed by atoms with Crippen molar-refractivity contribution in [2.45, 2.75) is 43.0 Å². The summed E-state index contributed by atoms with van der Waals surface area (Å²) >= 11 is 7.51. The topological polar surface area (TPSA) is 52.0 Å². The first-order valence-corrected chi connectivity index (χ1v) is 10.3. The van der Waals surface area contributed by atoms with E-state index >= 15 is 0 Å². The molecule has 27 heavy (non-hydrogen) atoms. The Balaban J connectivity index is 1.94. The number of Topliss-reactive ketones (excluding diaryl/α,β-unsaturated/α-hetero) is 1. The fourth-order valence-electron chi connectivity index (χ4n) is 3.45. The Labute approximate surface area is 166 Å². The average Bonchev–Trinajstić information content (AvgIpc) is 2.65. The number of fused-ring (bicyclic) bond motifs is 1. The van der Waals surface area contributed by atoms with E-state index in [0.29, 0.717) is 27.5 Å². The largest absolute Gasteiger partial charge is 0.298 e. The van der Waals surface area contributed by atoms with Gasteiger partial charge < -0.3 is 0 Å². The number of hydrogen-bond donors (Lipinski definition) is 0. The minimum absolute atomic E-state index is 0.142. The van der Waals surface area contributed by atoms with Gasteiger partial charge in [0.25, 0.3) is 5.56 Å². The maximum absolute atomic E-state index is 13.3. The van der Waals surface area contributed by atoms with Crippen molar-refractivity contribution < 1.29 is 4.79 Å². The van der Waals surface area contributed by atoms with E-state index in [1.54, 1.807) is 22.8 Å². The van der Waals surface area contributed by atoms with E-state index in [1.807, 2.05) is 31.2 Å². The molecule has 0 N–H and O–H groups in total. The summed E-state index contributed by atoms with van der Waals surface area (Å²) in [7, 11) is 0. The highest BCUT2D eigenvalue weighted by Crippen LogP contribution is 2.32. The van der Waals surface area contributed by atoms with Crippen LogP contribution in [-0.4, -0.2) is 20.6 Å². The summed E-state index contributed by atoms with van der Waals surface area (Å²) in [5.74, 6) is 0.239. The third kappa shape index (κ3) is 3.54. The van der Waals surface area contributed by atoms with Crippen LogP contribution in [0.3, 0.4) is 0 Å². The lowest BCUT2D eigenvalue weighted by molar-refractivity contribution is -0.119. The smallest absolute Gasteiger partial charge is 0.266 e. The van der Waals surface area contributed by atoms with Gasteiger partial charge in [-0.3, -0.25) is 14.2 Å². The Hall–Kier alpha value is -2.11. The van der Waals surface area contributed by atoms with Gasteiger partial charge >= 0.3 is 0 Å². The van der Waals surface area contributed by atoms with Crippen LogP contribution >= 0.6 is 23.4 Å². The lowest BCUT2D eigenvalue weighted by Crippen LogP contribution is -2.26. The van der Waals surface area contributed by atoms with E-state index in [9.17, 15) is 9.59 Å². The molecule has 1 heterocycles. The van der Waals surface area contributed by atoms with E-state index in [0.717, 1.165) is 30.5 Å². The highest BCUT2D eigenvalue weighted by molar-refractivity contribution is 8.00. The van der Waals surface area contributed by atoms with Gasteiger partial charge in [-0.05, 0) is 49.6 Å². The highest BCUT2D eigenvalue weighted by atomic mass is 35.5. The number of hydrogen-bond acceptors (Lipinski definition) is 4. The highest BCUT2D eigenvalue weighted by Gasteiger charge is 2.26. The minimum atomic E-state index is -0.155. The predicted molar refractivity (Wildman–Crippen MR) is 110 cm³/mol. The zero-order valence-electron chi connectivity index (χ0n) is 14.9. The first kappa shape index (κ1) is 18.3. The van der Waals surface area contributed by atoms with Crippen molar-refractivity contribution in [2.24, 2.45) is 0 Å². The molecule has 3 aromatic rings. The van der Waals surface area contributed by atoms with E-state index in [-0.39, 0.29) is 16.6 Å². The molecule has 1 aromatic heterocycles. The van der Waals surface area contributed by atoms with Crippen LogP contribution in [0.4, 0.5) is 0 Å². The third-order valence-electron chi connectivity index (χ3n) is 4.90. The standard InChI is InChI=1S/C21H19ClN2O2S/c1-13-6-2-3-7-17(13)24-20(26)15-11-10-14(22)12-16(15)23-21(24)27-19-9-5-4-8-18(19)25/h2-3,6-7,10-12,19H,4-5,8-9H2,1H3/t19-/m0/s1. The second-order valence-electron chi connectivity index (χ2n) is 6.80. The molecule has 0 aliphatic heterocycles. The monoisotopic (exact) mass is 398 g/mol. The zero-order chi connectivity index (χ0) is 19.0. The number of benzene rings is 2. The molecular weight excluding hydrogens is 380 g/mol. The number of para-hydroxylation sites is 1. The molecule has 138 valence electrons. The molecule has 1 fully saturated rings. The predicted octanol–water partition coefficient (Wildman–Crippen LogP) is 4.95. The molecule has 0 spiro atoms. The van der Waals surface area contributed by atoms with E-state index in [2.05, 4.69) is 0 Å². The van der Waals surface area contributed by atoms with Crippen LogP contribution in [0.2, 0.25) is 5.02 Å². The van der Waals surface area contributed by atoms with Gasteiger partial charge in [0.05, 0.1) is 21.8 Å². The molecule has 1 aliphatic rings. The second-order valence-corrected chi connectivity index (χ2v) is 8.41. The Morgan fingerprint density at radius 3 is 2.74 bits per heavy atom. The van der Waals surface area contributed by atoms with Gasteiger partial charge in [0.1, 0.15) is 5.78 Å². The fourth-order valence-corrected chi connectivity index (χ4v) is 4.84. The Bertz CT molecular complexity index is 1090. The van der Waals surface area contributed by atoms with Crippen LogP contribution in [0.1, 0.15) is 31.2 Å². The number of carbonyl (C=O) groups is 1. The molecular formula is C21H19ClN2O2S. The van der Waals surface area contributed by atoms with E-state index < -0.39 is 0 Å². The summed E-state index contributed by atoms with van der Waals surface area (Å²) < 4.78 is 1.64. The zero-order valence-corrected chi connectivity index (χ0v) is 16.5. The van der Waals surface area contributed by atoms with Crippen molar-refractivity contribution in [3.05, 3.63) is 63.4 Å². The Kier molecular flexibility index (Phi) is 5.06. The summed E-state index contributed by atoms with van der Waals surface area (Å²) in [5.41, 5.74) is 2.18. The first-order chi connectivity index (χ1) is 13.0. The molecule has 1 atom stereocenters. The maximum atomic E-state index is 13.3. The van der Waals surface area contributed by atoms with Gasteiger partial charge in [-0.2, -0.15) is 0 Å². The molecule has 6 heteroatoms. The van der Waals surface area contributed by atoms with Crippen molar-refractivity contribution in [1.29, 1.82) is 0 Å². The number of aryl methyl sites for hydroxylation is 1. The summed E-state index contributed by atoms with van der Waals surface area (Å²) in [5, 5.41) is 1.44. The molecule has 0 bridgehead atoms. The molecule has 2 aromatic carbocycles. The lowest BCUT2D eigenvalue weighted by atomic mass is 9.99. The van der Waals surface area contributed by atoms with Crippen LogP contribution in [0.25, 0.3) is 16.6 Å². The summed E-state index contributed by atoms with van der Waals surface area (Å²) in [6, 6.07) is 12.8. The number of halogens is 1. The van der Waals surface area contributed by atoms with E-state index in [1.165, 1.54) is 11.8 Å². The molecule has 1 saturated carbocycles. The van der Waals surface area contributed by atoms with Crippen LogP contribution in [0.15, 0.2) is 52.4 Å². The molecule has 4 rings (SSSR count). The van der Waals surface area contributed by atoms with Gasteiger partial charge in [-0.1, -0.05) is 48.0 Å². The van der Waals surface area contributed by atoms with Crippen molar-refractivity contribution in [3.63, 3.8) is 0 Å². The molecule has 0 saturated heterocycles. The normalized spacial score (nSPS) is 17.4. The first-order valence-electron chi connectivity index (χ1n) is 9.02. The molecule has 1 aliphatic carbocycles. The lowest BCUT2D eigenvalue weighted by Gasteiger charge is -2.22. The van der Waals surface area contributed by atoms with Crippen LogP contribution in [0, 0.1) is 6.92 Å². The Morgan fingerprint density at radius 2 is 1.96 bits per heavy atom. The number of nitrogens with zero attached hydrogens (tertiary/aromatic N) is 2. The van der Waals surface area contributed by atoms with Crippen LogP contribution in [0.5, 0.6) is 0 Å². The minimum Gasteiger partial charge on any atom is -0.298 e. The van der Waals surface area contributed by atoms with Gasteiger partial charge in [-0.15, -0.1) is 0 Å². The molecule has 0 radical (unpaired) electrons. The molecule has 4 nitrogen and oxygen atoms in total. The molecule has 0 amide bonds. The van der Waals surface area contributed by atoms with Gasteiger partial charge in [0.15, 0.2) is 5.16 Å². The number of ketones is 1. The average molecular weight is 399 g/mol. The second kappa shape index (κ2) is 7.49. The fraction of sp³-hybridized carbons (Fsp3) is 0.286. The quantitative estimate of drug-likeness (QED) is 0.585. The SMILES string of the molecule is Cc1ccccc1-n1c(S[C@H]2CCCCC2=O)nc2cc(Cl)ccc2c1=O. The third-order valence-corrected chi connectivity index (χ3v) is 6.41.